The fourth-order valence-electron chi connectivity index (χ4n) is 9.53. The van der Waals surface area contributed by atoms with Gasteiger partial charge in [-0.15, -0.1) is 0 Å². The van der Waals surface area contributed by atoms with Crippen LogP contribution in [0.1, 0.15) is 30.5 Å². The topological polar surface area (TPSA) is 16.4 Å². The second-order valence-electron chi connectivity index (χ2n) is 15.3. The molecule has 0 atom stereocenters. The Morgan fingerprint density at radius 2 is 1.17 bits per heavy atom. The molecule has 8 aromatic carbocycles. The van der Waals surface area contributed by atoms with Crippen LogP contribution in [0.2, 0.25) is 0 Å². The van der Waals surface area contributed by atoms with Crippen LogP contribution >= 0.6 is 0 Å². The second-order valence-corrected chi connectivity index (χ2v) is 15.3. The number of hydrogen-bond donors (Lipinski definition) is 0. The van der Waals surface area contributed by atoms with Crippen molar-refractivity contribution in [3.63, 3.8) is 0 Å². The molecule has 11 rings (SSSR count). The third-order valence-electron chi connectivity index (χ3n) is 12.0. The van der Waals surface area contributed by atoms with Gasteiger partial charge in [0, 0.05) is 39.1 Å². The van der Waals surface area contributed by atoms with E-state index < -0.39 is 0 Å². The molecule has 0 unspecified atom stereocenters. The van der Waals surface area contributed by atoms with Crippen molar-refractivity contribution in [2.75, 3.05) is 11.4 Å². The number of hydrogen-bond acceptors (Lipinski definition) is 2. The maximum atomic E-state index is 6.53. The van der Waals surface area contributed by atoms with E-state index in [1.165, 1.54) is 71.4 Å². The zero-order chi connectivity index (χ0) is 36.1. The molecule has 0 N–H and O–H groups in total. The summed E-state index contributed by atoms with van der Waals surface area (Å²) in [6, 6.07) is 55.2. The van der Waals surface area contributed by atoms with Crippen molar-refractivity contribution in [1.29, 1.82) is 0 Å². The number of fused-ring (bicyclic) bond motifs is 10. The molecule has 0 fully saturated rings. The van der Waals surface area contributed by atoms with Gasteiger partial charge in [0.25, 0.3) is 0 Å². The monoisotopic (exact) mass is 691 g/mol. The van der Waals surface area contributed by atoms with Crippen molar-refractivity contribution in [1.82, 2.24) is 0 Å². The summed E-state index contributed by atoms with van der Waals surface area (Å²) in [6.07, 6.45) is 4.80. The number of para-hydroxylation sites is 1. The molecule has 2 aliphatic rings. The van der Waals surface area contributed by atoms with Crippen LogP contribution in [0.15, 0.2) is 180 Å². The van der Waals surface area contributed by atoms with E-state index in [-0.39, 0.29) is 5.41 Å². The van der Waals surface area contributed by atoms with Crippen molar-refractivity contribution in [3.8, 4) is 11.1 Å². The summed E-state index contributed by atoms with van der Waals surface area (Å²) in [4.78, 5) is 2.56. The number of furan rings is 1. The van der Waals surface area contributed by atoms with E-state index in [9.17, 15) is 0 Å². The fraction of sp³-hybridized carbons (Fsp3) is 0.0769. The second kappa shape index (κ2) is 11.4. The first kappa shape index (κ1) is 30.9. The molecule has 0 saturated carbocycles. The highest BCUT2D eigenvalue weighted by Gasteiger charge is 2.38. The summed E-state index contributed by atoms with van der Waals surface area (Å²) in [7, 11) is 0. The van der Waals surface area contributed by atoms with Gasteiger partial charge in [0.1, 0.15) is 11.2 Å². The van der Waals surface area contributed by atoms with Crippen LogP contribution in [0, 0.1) is 0 Å². The molecule has 2 nitrogen and oxygen atoms in total. The van der Waals surface area contributed by atoms with Gasteiger partial charge in [-0.05, 0) is 84.8 Å². The summed E-state index contributed by atoms with van der Waals surface area (Å²) < 4.78 is 6.53. The van der Waals surface area contributed by atoms with Gasteiger partial charge in [-0.2, -0.15) is 0 Å². The molecule has 2 heterocycles. The largest absolute Gasteiger partial charge is 0.456 e. The summed E-state index contributed by atoms with van der Waals surface area (Å²) >= 11 is 0. The molecule has 54 heavy (non-hydrogen) atoms. The minimum absolute atomic E-state index is 0.170. The standard InChI is InChI=1S/C52H37NO/c1-32-29-43-35-18-10-12-25-45(35)52(2,3)46(43)27-28-53(47-30-44-36-19-11-13-26-48(36)54-49(44)31-42(32)47)51-40-22-8-6-20-38(40)50(39-21-7-9-23-41(39)51)37-24-14-16-33-15-4-5-17-34(33)37/h4-27,29-31H,1,28H2,2-3H3/b43-29?,46-27+. The zero-order valence-corrected chi connectivity index (χ0v) is 30.4. The molecule has 9 aromatic rings. The van der Waals surface area contributed by atoms with E-state index in [0.29, 0.717) is 6.54 Å². The molecule has 1 aliphatic heterocycles. The highest BCUT2D eigenvalue weighted by molar-refractivity contribution is 6.24. The van der Waals surface area contributed by atoms with Gasteiger partial charge in [0.15, 0.2) is 0 Å². The van der Waals surface area contributed by atoms with Gasteiger partial charge in [-0.1, -0.05) is 160 Å². The maximum Gasteiger partial charge on any atom is 0.136 e. The lowest BCUT2D eigenvalue weighted by molar-refractivity contribution is 0.658. The molecule has 256 valence electrons. The van der Waals surface area contributed by atoms with E-state index in [4.69, 9.17) is 11.0 Å². The van der Waals surface area contributed by atoms with Gasteiger partial charge in [0.2, 0.25) is 0 Å². The lowest BCUT2D eigenvalue weighted by Crippen LogP contribution is -2.21. The van der Waals surface area contributed by atoms with Crippen LogP contribution in [-0.2, 0) is 5.41 Å². The lowest BCUT2D eigenvalue weighted by atomic mass is 9.82. The third kappa shape index (κ3) is 4.34. The smallest absolute Gasteiger partial charge is 0.136 e. The van der Waals surface area contributed by atoms with Gasteiger partial charge in [-0.3, -0.25) is 0 Å². The summed E-state index contributed by atoms with van der Waals surface area (Å²) in [6.45, 7) is 10.2. The van der Waals surface area contributed by atoms with Crippen molar-refractivity contribution < 1.29 is 4.42 Å². The van der Waals surface area contributed by atoms with E-state index in [1.807, 2.05) is 6.07 Å². The molecule has 0 amide bonds. The first-order valence-electron chi connectivity index (χ1n) is 18.8. The van der Waals surface area contributed by atoms with Gasteiger partial charge >= 0.3 is 0 Å². The van der Waals surface area contributed by atoms with E-state index in [0.717, 1.165) is 38.8 Å². The Balaban J connectivity index is 1.26. The Kier molecular flexibility index (Phi) is 6.55. The number of benzene rings is 8. The van der Waals surface area contributed by atoms with Crippen molar-refractivity contribution in [2.45, 2.75) is 19.3 Å². The highest BCUT2D eigenvalue weighted by atomic mass is 16.3. The van der Waals surface area contributed by atoms with Crippen LogP contribution in [0.25, 0.3) is 76.5 Å². The van der Waals surface area contributed by atoms with Gasteiger partial charge < -0.3 is 9.32 Å². The van der Waals surface area contributed by atoms with Crippen LogP contribution in [0.4, 0.5) is 11.4 Å². The Labute approximate surface area is 314 Å². The molecule has 2 heteroatoms. The third-order valence-corrected chi connectivity index (χ3v) is 12.0. The normalized spacial score (nSPS) is 16.1. The van der Waals surface area contributed by atoms with Crippen LogP contribution in [0.3, 0.4) is 0 Å². The number of nitrogens with zero attached hydrogens (tertiary/aromatic N) is 1. The first-order valence-corrected chi connectivity index (χ1v) is 18.8. The Morgan fingerprint density at radius 3 is 1.94 bits per heavy atom. The van der Waals surface area contributed by atoms with E-state index in [1.54, 1.807) is 0 Å². The Hall–Kier alpha value is -6.64. The zero-order valence-electron chi connectivity index (χ0n) is 30.4. The predicted octanol–water partition coefficient (Wildman–Crippen LogP) is 14.2. The molecule has 1 aromatic heterocycles. The maximum absolute atomic E-state index is 6.53. The van der Waals surface area contributed by atoms with Crippen LogP contribution in [-0.4, -0.2) is 6.54 Å². The summed E-state index contributed by atoms with van der Waals surface area (Å²) in [5, 5.41) is 9.62. The number of allylic oxidation sites excluding steroid dienone is 4. The number of anilines is 2. The summed E-state index contributed by atoms with van der Waals surface area (Å²) in [5.41, 5.74) is 13.7. The average molecular weight is 692 g/mol. The fourth-order valence-corrected chi connectivity index (χ4v) is 9.53. The average Bonchev–Trinajstić information content (AvgIpc) is 3.69. The molecule has 1 aliphatic carbocycles. The van der Waals surface area contributed by atoms with E-state index in [2.05, 4.69) is 176 Å². The Bertz CT molecular complexity index is 3070. The van der Waals surface area contributed by atoms with Crippen molar-refractivity contribution >= 4 is 76.8 Å². The minimum Gasteiger partial charge on any atom is -0.456 e. The highest BCUT2D eigenvalue weighted by Crippen LogP contribution is 2.53. The number of rotatable bonds is 2. The summed E-state index contributed by atoms with van der Waals surface area (Å²) in [5.74, 6) is 0. The van der Waals surface area contributed by atoms with Crippen LogP contribution in [0.5, 0.6) is 0 Å². The van der Waals surface area contributed by atoms with Gasteiger partial charge in [0.05, 0.1) is 11.4 Å². The lowest BCUT2D eigenvalue weighted by Gasteiger charge is -2.31. The quantitative estimate of drug-likeness (QED) is 0.168. The van der Waals surface area contributed by atoms with Crippen molar-refractivity contribution in [2.24, 2.45) is 0 Å². The minimum atomic E-state index is -0.170. The van der Waals surface area contributed by atoms with E-state index >= 15 is 0 Å². The molecule has 0 bridgehead atoms. The first-order chi connectivity index (χ1) is 26.5. The molecule has 0 radical (unpaired) electrons. The van der Waals surface area contributed by atoms with Crippen LogP contribution < -0.4 is 4.90 Å². The van der Waals surface area contributed by atoms with Crippen molar-refractivity contribution in [3.05, 3.63) is 193 Å². The molecular weight excluding hydrogens is 655 g/mol. The SMILES string of the molecule is C=C1C=C2/C(=C\CN(c3c4ccccc4c(-c4cccc5ccccc45)c4ccccc34)c3cc4c(cc31)oc1ccccc14)C(C)(C)c1ccccc12. The molecule has 0 saturated heterocycles. The van der Waals surface area contributed by atoms with Gasteiger partial charge in [-0.25, -0.2) is 0 Å². The Morgan fingerprint density at radius 1 is 0.556 bits per heavy atom. The molecular formula is C52H37NO. The predicted molar refractivity (Wildman–Crippen MR) is 230 cm³/mol. The molecule has 0 spiro atoms.